The molecule has 7 aromatic carbocycles. The van der Waals surface area contributed by atoms with Gasteiger partial charge in [-0.25, -0.2) is 0 Å². The van der Waals surface area contributed by atoms with Gasteiger partial charge < -0.3 is 4.42 Å². The highest BCUT2D eigenvalue weighted by molar-refractivity contribution is 7.25. The van der Waals surface area contributed by atoms with Crippen molar-refractivity contribution in [1.82, 2.24) is 0 Å². The molecular weight excluding hydrogens is 673 g/mol. The SMILES string of the molecule is c1cc(-c2ccc3c(c2)C2(c4cccc(-c5cccc6sc7ccccc7c56)c4-3)C3CC4CC(C3)CC2C4)cc(-c2cccc3c2oc2ccccc23)c1. The Bertz CT molecular complexity index is 3000. The second kappa shape index (κ2) is 10.8. The minimum absolute atomic E-state index is 0.0756. The molecule has 5 aliphatic rings. The van der Waals surface area contributed by atoms with Crippen molar-refractivity contribution in [2.45, 2.75) is 37.5 Å². The third kappa shape index (κ3) is 3.89. The fourth-order valence-corrected chi connectivity index (χ4v) is 13.6. The normalized spacial score (nSPS) is 23.6. The maximum atomic E-state index is 6.50. The maximum absolute atomic E-state index is 6.50. The van der Waals surface area contributed by atoms with E-state index in [0.29, 0.717) is 11.8 Å². The van der Waals surface area contributed by atoms with E-state index in [9.17, 15) is 0 Å². The van der Waals surface area contributed by atoms with E-state index in [1.807, 2.05) is 11.3 Å². The lowest BCUT2D eigenvalue weighted by atomic mass is 9.43. The second-order valence-corrected chi connectivity index (χ2v) is 17.9. The highest BCUT2D eigenvalue weighted by atomic mass is 32.1. The number of thiophene rings is 1. The first-order chi connectivity index (χ1) is 26.7. The first-order valence-electron chi connectivity index (χ1n) is 19.9. The maximum Gasteiger partial charge on any atom is 0.143 e. The zero-order chi connectivity index (χ0) is 35.1. The van der Waals surface area contributed by atoms with E-state index < -0.39 is 0 Å². The lowest BCUT2D eigenvalue weighted by molar-refractivity contribution is -0.0399. The summed E-state index contributed by atoms with van der Waals surface area (Å²) < 4.78 is 9.25. The Morgan fingerprint density at radius 2 is 1.13 bits per heavy atom. The van der Waals surface area contributed by atoms with Crippen molar-refractivity contribution in [1.29, 1.82) is 0 Å². The average Bonchev–Trinajstić information content (AvgIpc) is 3.88. The lowest BCUT2D eigenvalue weighted by Crippen LogP contribution is -2.55. The monoisotopic (exact) mass is 710 g/mol. The molecule has 4 saturated carbocycles. The van der Waals surface area contributed by atoms with Gasteiger partial charge in [-0.05, 0) is 136 Å². The van der Waals surface area contributed by atoms with Crippen LogP contribution in [0.25, 0.3) is 86.6 Å². The summed E-state index contributed by atoms with van der Waals surface area (Å²) in [5.41, 5.74) is 15.9. The fraction of sp³-hybridized carbons (Fsp3) is 0.192. The first kappa shape index (κ1) is 29.9. The summed E-state index contributed by atoms with van der Waals surface area (Å²) in [7, 11) is 0. The lowest BCUT2D eigenvalue weighted by Gasteiger charge is -2.61. The van der Waals surface area contributed by atoms with Crippen molar-refractivity contribution in [2.24, 2.45) is 23.7 Å². The molecule has 0 unspecified atom stereocenters. The minimum atomic E-state index is 0.0756. The van der Waals surface area contributed by atoms with Crippen molar-refractivity contribution in [2.75, 3.05) is 0 Å². The zero-order valence-electron chi connectivity index (χ0n) is 30.0. The Kier molecular flexibility index (Phi) is 6.01. The molecule has 0 amide bonds. The van der Waals surface area contributed by atoms with Gasteiger partial charge in [0, 0.05) is 41.9 Å². The molecule has 0 saturated heterocycles. The van der Waals surface area contributed by atoms with E-state index in [1.165, 1.54) is 102 Å². The molecule has 0 N–H and O–H groups in total. The molecule has 0 atom stereocenters. The van der Waals surface area contributed by atoms with Gasteiger partial charge in [-0.3, -0.25) is 0 Å². The van der Waals surface area contributed by atoms with Crippen LogP contribution in [0.1, 0.15) is 43.2 Å². The van der Waals surface area contributed by atoms with Gasteiger partial charge in [-0.2, -0.15) is 0 Å². The standard InChI is InChI=1S/C52H38OS/c1-3-18-46-38(11-1)41-16-6-13-37(51(41)53-46)34-10-5-9-32(28-34)33-21-22-42-45(29-33)52(35-24-30-23-31(26-35)27-36(52)25-30)44-17-7-14-39(49(42)44)40-15-8-20-48-50(40)43-12-2-4-19-47(43)54-48/h1-22,28-31,35-36H,23-27H2. The van der Waals surface area contributed by atoms with Gasteiger partial charge in [0.05, 0.1) is 0 Å². The second-order valence-electron chi connectivity index (χ2n) is 16.8. The molecule has 258 valence electrons. The summed E-state index contributed by atoms with van der Waals surface area (Å²) in [5.74, 6) is 3.21. The van der Waals surface area contributed by atoms with E-state index in [1.54, 1.807) is 11.1 Å². The van der Waals surface area contributed by atoms with Gasteiger partial charge in [0.1, 0.15) is 11.2 Å². The van der Waals surface area contributed by atoms with Crippen molar-refractivity contribution in [3.63, 3.8) is 0 Å². The van der Waals surface area contributed by atoms with Crippen LogP contribution in [0.2, 0.25) is 0 Å². The number of furan rings is 1. The van der Waals surface area contributed by atoms with Crippen LogP contribution in [-0.4, -0.2) is 0 Å². The molecule has 1 spiro atoms. The fourth-order valence-electron chi connectivity index (χ4n) is 12.5. The van der Waals surface area contributed by atoms with Gasteiger partial charge in [0.2, 0.25) is 0 Å². The van der Waals surface area contributed by atoms with E-state index in [-0.39, 0.29) is 5.41 Å². The van der Waals surface area contributed by atoms with Crippen LogP contribution in [0.15, 0.2) is 150 Å². The summed E-state index contributed by atoms with van der Waals surface area (Å²) in [5, 5.41) is 5.14. The Hall–Kier alpha value is -5.44. The van der Waals surface area contributed by atoms with E-state index in [4.69, 9.17) is 4.42 Å². The van der Waals surface area contributed by atoms with Crippen LogP contribution >= 0.6 is 11.3 Å². The Morgan fingerprint density at radius 3 is 2.02 bits per heavy atom. The third-order valence-electron chi connectivity index (χ3n) is 14.3. The summed E-state index contributed by atoms with van der Waals surface area (Å²) in [4.78, 5) is 0. The van der Waals surface area contributed by atoms with Gasteiger partial charge in [-0.1, -0.05) is 115 Å². The molecule has 1 nitrogen and oxygen atoms in total. The molecule has 2 heterocycles. The number of hydrogen-bond donors (Lipinski definition) is 0. The van der Waals surface area contributed by atoms with Gasteiger partial charge in [-0.15, -0.1) is 11.3 Å². The molecular formula is C52H38OS. The van der Waals surface area contributed by atoms with E-state index in [2.05, 4.69) is 146 Å². The number of hydrogen-bond acceptors (Lipinski definition) is 2. The molecule has 4 bridgehead atoms. The summed E-state index contributed by atoms with van der Waals surface area (Å²) in [6.45, 7) is 0. The molecule has 14 rings (SSSR count). The van der Waals surface area contributed by atoms with Crippen molar-refractivity contribution < 1.29 is 4.42 Å². The van der Waals surface area contributed by atoms with Crippen LogP contribution in [0.3, 0.4) is 0 Å². The van der Waals surface area contributed by atoms with Crippen molar-refractivity contribution in [3.05, 3.63) is 157 Å². The summed E-state index contributed by atoms with van der Waals surface area (Å²) in [6.07, 6.45) is 6.97. The van der Waals surface area contributed by atoms with Gasteiger partial charge in [0.15, 0.2) is 0 Å². The Balaban J connectivity index is 1.02. The molecule has 54 heavy (non-hydrogen) atoms. The van der Waals surface area contributed by atoms with Crippen LogP contribution < -0.4 is 0 Å². The molecule has 9 aromatic rings. The van der Waals surface area contributed by atoms with Crippen LogP contribution in [0.5, 0.6) is 0 Å². The molecule has 0 aliphatic heterocycles. The number of benzene rings is 7. The molecule has 2 heteroatoms. The molecule has 4 fully saturated rings. The van der Waals surface area contributed by atoms with Crippen LogP contribution in [0, 0.1) is 23.7 Å². The zero-order valence-corrected chi connectivity index (χ0v) is 30.8. The topological polar surface area (TPSA) is 13.1 Å². The molecule has 5 aliphatic carbocycles. The molecule has 0 radical (unpaired) electrons. The number of rotatable bonds is 3. The summed E-state index contributed by atoms with van der Waals surface area (Å²) in [6, 6.07) is 55.0. The highest BCUT2D eigenvalue weighted by Gasteiger charge is 2.61. The average molecular weight is 711 g/mol. The predicted molar refractivity (Wildman–Crippen MR) is 226 cm³/mol. The minimum Gasteiger partial charge on any atom is -0.455 e. The van der Waals surface area contributed by atoms with Gasteiger partial charge >= 0.3 is 0 Å². The van der Waals surface area contributed by atoms with Crippen molar-refractivity contribution >= 4 is 53.4 Å². The quantitative estimate of drug-likeness (QED) is 0.178. The Labute approximate surface area is 318 Å². The van der Waals surface area contributed by atoms with Crippen LogP contribution in [-0.2, 0) is 5.41 Å². The third-order valence-corrected chi connectivity index (χ3v) is 15.4. The van der Waals surface area contributed by atoms with Crippen LogP contribution in [0.4, 0.5) is 0 Å². The number of para-hydroxylation sites is 2. The number of fused-ring (bicyclic) bond motifs is 9. The molecule has 2 aromatic heterocycles. The van der Waals surface area contributed by atoms with E-state index >= 15 is 0 Å². The Morgan fingerprint density at radius 1 is 0.463 bits per heavy atom. The predicted octanol–water partition coefficient (Wildman–Crippen LogP) is 14.7. The largest absolute Gasteiger partial charge is 0.455 e. The van der Waals surface area contributed by atoms with Crippen molar-refractivity contribution in [3.8, 4) is 44.5 Å². The first-order valence-corrected chi connectivity index (χ1v) is 20.7. The smallest absolute Gasteiger partial charge is 0.143 e. The van der Waals surface area contributed by atoms with Gasteiger partial charge in [0.25, 0.3) is 0 Å². The van der Waals surface area contributed by atoms with E-state index in [0.717, 1.165) is 28.6 Å². The highest BCUT2D eigenvalue weighted by Crippen LogP contribution is 2.70. The summed E-state index contributed by atoms with van der Waals surface area (Å²) >= 11 is 1.92.